The summed E-state index contributed by atoms with van der Waals surface area (Å²) in [4.78, 5) is 0. The van der Waals surface area contributed by atoms with Crippen LogP contribution in [0.3, 0.4) is 0 Å². The molecule has 20 heavy (non-hydrogen) atoms. The van der Waals surface area contributed by atoms with Crippen molar-refractivity contribution in [1.82, 2.24) is 0 Å². The van der Waals surface area contributed by atoms with Crippen LogP contribution in [0.4, 0.5) is 5.69 Å². The van der Waals surface area contributed by atoms with Crippen LogP contribution in [0.2, 0.25) is 10.0 Å². The number of hydrogen-bond acceptors (Lipinski definition) is 1. The number of rotatable bonds is 3. The molecule has 0 saturated heterocycles. The molecular weight excluding hydrogens is 289 g/mol. The van der Waals surface area contributed by atoms with E-state index in [4.69, 9.17) is 23.2 Å². The van der Waals surface area contributed by atoms with Crippen LogP contribution in [-0.2, 0) is 0 Å². The molecule has 3 heteroatoms. The fourth-order valence-corrected chi connectivity index (χ4v) is 3.10. The summed E-state index contributed by atoms with van der Waals surface area (Å²) in [5, 5.41) is 5.20. The maximum atomic E-state index is 5.98. The number of nitrogens with one attached hydrogen (secondary N) is 1. The molecule has 1 saturated carbocycles. The Balaban J connectivity index is 1.59. The first-order valence-electron chi connectivity index (χ1n) is 6.90. The Hall–Kier alpha value is -1.18. The molecule has 0 unspecified atom stereocenters. The number of anilines is 1. The Kier molecular flexibility index (Phi) is 3.91. The average Bonchev–Trinajstić information content (AvgIpc) is 2.37. The molecule has 0 atom stereocenters. The Morgan fingerprint density at radius 1 is 0.950 bits per heavy atom. The smallest absolute Gasteiger partial charge is 0.0410 e. The summed E-state index contributed by atoms with van der Waals surface area (Å²) >= 11 is 11.9. The van der Waals surface area contributed by atoms with Crippen LogP contribution in [0.15, 0.2) is 42.5 Å². The van der Waals surface area contributed by atoms with Crippen LogP contribution in [0, 0.1) is 6.92 Å². The number of benzene rings is 2. The third-order valence-electron chi connectivity index (χ3n) is 4.03. The molecule has 0 spiro atoms. The highest BCUT2D eigenvalue weighted by Gasteiger charge is 2.30. The van der Waals surface area contributed by atoms with Crippen molar-refractivity contribution in [3.05, 3.63) is 63.6 Å². The maximum Gasteiger partial charge on any atom is 0.0410 e. The van der Waals surface area contributed by atoms with Gasteiger partial charge in [-0.1, -0.05) is 35.3 Å². The molecule has 2 aromatic carbocycles. The zero-order valence-corrected chi connectivity index (χ0v) is 12.9. The van der Waals surface area contributed by atoms with Gasteiger partial charge in [0.1, 0.15) is 0 Å². The molecule has 1 aliphatic rings. The molecule has 0 heterocycles. The predicted molar refractivity (Wildman–Crippen MR) is 87.0 cm³/mol. The zero-order valence-electron chi connectivity index (χ0n) is 11.4. The van der Waals surface area contributed by atoms with E-state index in [1.165, 1.54) is 29.7 Å². The minimum atomic E-state index is 0.551. The Labute approximate surface area is 129 Å². The van der Waals surface area contributed by atoms with E-state index in [1.54, 1.807) is 0 Å². The topological polar surface area (TPSA) is 12.0 Å². The van der Waals surface area contributed by atoms with Gasteiger partial charge >= 0.3 is 0 Å². The molecule has 1 N–H and O–H groups in total. The molecule has 0 radical (unpaired) electrons. The number of hydrogen-bond donors (Lipinski definition) is 1. The average molecular weight is 306 g/mol. The van der Waals surface area contributed by atoms with Gasteiger partial charge < -0.3 is 5.32 Å². The third kappa shape index (κ3) is 2.94. The largest absolute Gasteiger partial charge is 0.382 e. The van der Waals surface area contributed by atoms with Gasteiger partial charge in [-0.2, -0.15) is 0 Å². The lowest BCUT2D eigenvalue weighted by atomic mass is 9.76. The van der Waals surface area contributed by atoms with E-state index in [-0.39, 0.29) is 0 Å². The van der Waals surface area contributed by atoms with Gasteiger partial charge in [-0.05, 0) is 67.1 Å². The summed E-state index contributed by atoms with van der Waals surface area (Å²) in [6.07, 6.45) is 2.34. The second-order valence-corrected chi connectivity index (χ2v) is 6.39. The summed E-state index contributed by atoms with van der Waals surface area (Å²) in [5.41, 5.74) is 3.78. The van der Waals surface area contributed by atoms with E-state index in [0.717, 1.165) is 10.0 Å². The van der Waals surface area contributed by atoms with Gasteiger partial charge in [0, 0.05) is 21.8 Å². The maximum absolute atomic E-state index is 5.98. The second kappa shape index (κ2) is 5.67. The van der Waals surface area contributed by atoms with Crippen LogP contribution in [0.5, 0.6) is 0 Å². The van der Waals surface area contributed by atoms with Crippen molar-refractivity contribution < 1.29 is 0 Å². The molecule has 0 aromatic heterocycles. The molecule has 1 fully saturated rings. The molecular formula is C17H17Cl2N. The Bertz CT molecular complexity index is 601. The van der Waals surface area contributed by atoms with E-state index < -0.39 is 0 Å². The van der Waals surface area contributed by atoms with Crippen molar-refractivity contribution in [2.45, 2.75) is 31.7 Å². The lowest BCUT2D eigenvalue weighted by Crippen LogP contribution is -2.34. The van der Waals surface area contributed by atoms with Crippen LogP contribution >= 0.6 is 23.2 Å². The molecule has 1 nitrogen and oxygen atoms in total. The number of halogens is 2. The highest BCUT2D eigenvalue weighted by molar-refractivity contribution is 6.30. The van der Waals surface area contributed by atoms with Crippen molar-refractivity contribution in [1.29, 1.82) is 0 Å². The second-order valence-electron chi connectivity index (χ2n) is 5.52. The minimum absolute atomic E-state index is 0.551. The highest BCUT2D eigenvalue weighted by atomic mass is 35.5. The standard InChI is InChI=1S/C17H17Cl2N/c1-11-8-15(19)6-7-17(11)20-16-9-13(10-16)12-2-4-14(18)5-3-12/h2-8,13,16,20H,9-10H2,1H3. The first-order chi connectivity index (χ1) is 9.61. The van der Waals surface area contributed by atoms with Crippen molar-refractivity contribution in [2.75, 3.05) is 5.32 Å². The van der Waals surface area contributed by atoms with E-state index in [9.17, 15) is 0 Å². The van der Waals surface area contributed by atoms with E-state index in [0.29, 0.717) is 12.0 Å². The lowest BCUT2D eigenvalue weighted by Gasteiger charge is -2.37. The molecule has 0 bridgehead atoms. The van der Waals surface area contributed by atoms with Gasteiger partial charge in [-0.15, -0.1) is 0 Å². The summed E-state index contributed by atoms with van der Waals surface area (Å²) in [6.45, 7) is 2.09. The van der Waals surface area contributed by atoms with Crippen molar-refractivity contribution in [3.63, 3.8) is 0 Å². The van der Waals surface area contributed by atoms with Gasteiger partial charge in [-0.3, -0.25) is 0 Å². The molecule has 2 aromatic rings. The number of aryl methyl sites for hydroxylation is 1. The van der Waals surface area contributed by atoms with Crippen molar-refractivity contribution in [2.24, 2.45) is 0 Å². The van der Waals surface area contributed by atoms with Gasteiger partial charge in [0.2, 0.25) is 0 Å². The van der Waals surface area contributed by atoms with Crippen LogP contribution in [0.1, 0.15) is 29.9 Å². The first kappa shape index (κ1) is 13.8. The van der Waals surface area contributed by atoms with Gasteiger partial charge in [0.25, 0.3) is 0 Å². The Morgan fingerprint density at radius 3 is 2.25 bits per heavy atom. The SMILES string of the molecule is Cc1cc(Cl)ccc1NC1CC(c2ccc(Cl)cc2)C1. The van der Waals surface area contributed by atoms with Crippen molar-refractivity contribution in [3.8, 4) is 0 Å². The fraction of sp³-hybridized carbons (Fsp3) is 0.294. The van der Waals surface area contributed by atoms with E-state index in [2.05, 4.69) is 30.4 Å². The molecule has 0 amide bonds. The molecule has 3 rings (SSSR count). The highest BCUT2D eigenvalue weighted by Crippen LogP contribution is 2.39. The first-order valence-corrected chi connectivity index (χ1v) is 7.65. The lowest BCUT2D eigenvalue weighted by molar-refractivity contribution is 0.374. The third-order valence-corrected chi connectivity index (χ3v) is 4.51. The minimum Gasteiger partial charge on any atom is -0.382 e. The van der Waals surface area contributed by atoms with Gasteiger partial charge in [0.15, 0.2) is 0 Å². The van der Waals surface area contributed by atoms with E-state index in [1.807, 2.05) is 24.3 Å². The summed E-state index contributed by atoms with van der Waals surface area (Å²) in [6, 6.07) is 14.8. The van der Waals surface area contributed by atoms with Crippen LogP contribution in [-0.4, -0.2) is 6.04 Å². The summed E-state index contributed by atoms with van der Waals surface area (Å²) in [7, 11) is 0. The monoisotopic (exact) mass is 305 g/mol. The fourth-order valence-electron chi connectivity index (χ4n) is 2.75. The zero-order chi connectivity index (χ0) is 14.1. The van der Waals surface area contributed by atoms with Crippen LogP contribution in [0.25, 0.3) is 0 Å². The van der Waals surface area contributed by atoms with E-state index >= 15 is 0 Å². The molecule has 104 valence electrons. The normalized spacial score (nSPS) is 21.4. The molecule has 0 aliphatic heterocycles. The predicted octanol–water partition coefficient (Wildman–Crippen LogP) is 5.66. The van der Waals surface area contributed by atoms with Gasteiger partial charge in [0.05, 0.1) is 0 Å². The summed E-state index contributed by atoms with van der Waals surface area (Å²) in [5.74, 6) is 0.650. The Morgan fingerprint density at radius 2 is 1.60 bits per heavy atom. The van der Waals surface area contributed by atoms with Crippen molar-refractivity contribution >= 4 is 28.9 Å². The van der Waals surface area contributed by atoms with Crippen LogP contribution < -0.4 is 5.32 Å². The summed E-state index contributed by atoms with van der Waals surface area (Å²) < 4.78 is 0. The van der Waals surface area contributed by atoms with Gasteiger partial charge in [-0.25, -0.2) is 0 Å². The quantitative estimate of drug-likeness (QED) is 0.771. The molecule has 1 aliphatic carbocycles.